The second-order valence-electron chi connectivity index (χ2n) is 9.03. The number of amides is 1. The third-order valence-electron chi connectivity index (χ3n) is 5.84. The number of ether oxygens (including phenoxy) is 2. The molecule has 1 fully saturated rings. The summed E-state index contributed by atoms with van der Waals surface area (Å²) >= 11 is 12.5. The van der Waals surface area contributed by atoms with Gasteiger partial charge in [0.15, 0.2) is 0 Å². The number of pyridine rings is 1. The molecule has 0 radical (unpaired) electrons. The fraction of sp³-hybridized carbons (Fsp3) is 0.250. The van der Waals surface area contributed by atoms with Gasteiger partial charge in [0.1, 0.15) is 17.3 Å². The molecule has 37 heavy (non-hydrogen) atoms. The number of carbonyl (C=O) groups excluding carboxylic acids is 2. The fourth-order valence-corrected chi connectivity index (χ4v) is 4.77. The molecule has 3 aromatic rings. The number of aliphatic hydroxyl groups is 1. The molecular formula is C28H26Cl2N2O5. The number of hydrogen-bond acceptors (Lipinski definition) is 6. The standard InChI is InChI=1S/C28H26Cl2N2O5/c1-16(2)15-37-20-8-4-7-18(10-20)24-23(25(33)21-11-19(29)12-22(30)27(21)36-3)26(34)28(35)32(24)14-17-6-5-9-31-13-17/h4-13,16,24,33H,14-15H2,1-3H3/b25-23+. The molecule has 1 unspecified atom stereocenters. The van der Waals surface area contributed by atoms with Gasteiger partial charge in [0, 0.05) is 24.0 Å². The number of halogens is 2. The maximum absolute atomic E-state index is 13.4. The molecule has 1 aliphatic heterocycles. The van der Waals surface area contributed by atoms with Crippen molar-refractivity contribution in [2.75, 3.05) is 13.7 Å². The van der Waals surface area contributed by atoms with E-state index in [1.54, 1.807) is 42.7 Å². The number of Topliss-reactive ketones (excluding diaryl/α,β-unsaturated/α-hetero) is 1. The van der Waals surface area contributed by atoms with Crippen LogP contribution in [0.25, 0.3) is 5.76 Å². The molecule has 1 saturated heterocycles. The summed E-state index contributed by atoms with van der Waals surface area (Å²) in [7, 11) is 1.39. The summed E-state index contributed by atoms with van der Waals surface area (Å²) in [4.78, 5) is 32.3. The molecule has 1 atom stereocenters. The lowest BCUT2D eigenvalue weighted by Crippen LogP contribution is -2.29. The molecule has 7 nitrogen and oxygen atoms in total. The van der Waals surface area contributed by atoms with Gasteiger partial charge in [-0.05, 0) is 47.4 Å². The first kappa shape index (κ1) is 26.5. The minimum atomic E-state index is -0.912. The number of likely N-dealkylation sites (tertiary alicyclic amines) is 1. The van der Waals surface area contributed by atoms with Gasteiger partial charge in [-0.2, -0.15) is 0 Å². The summed E-state index contributed by atoms with van der Waals surface area (Å²) in [5.74, 6) is -1.00. The second-order valence-corrected chi connectivity index (χ2v) is 9.88. The van der Waals surface area contributed by atoms with Gasteiger partial charge in [-0.1, -0.05) is 55.2 Å². The Balaban J connectivity index is 1.90. The number of aromatic nitrogens is 1. The molecule has 0 saturated carbocycles. The molecule has 1 N–H and O–H groups in total. The van der Waals surface area contributed by atoms with Crippen molar-refractivity contribution < 1.29 is 24.2 Å². The van der Waals surface area contributed by atoms with Crippen LogP contribution in [0.15, 0.2) is 66.5 Å². The zero-order valence-corrected chi connectivity index (χ0v) is 22.1. The average molecular weight is 541 g/mol. The molecule has 0 bridgehead atoms. The van der Waals surface area contributed by atoms with Crippen LogP contribution >= 0.6 is 23.2 Å². The predicted octanol–water partition coefficient (Wildman–Crippen LogP) is 6.05. The summed E-state index contributed by atoms with van der Waals surface area (Å²) in [6.07, 6.45) is 3.25. The summed E-state index contributed by atoms with van der Waals surface area (Å²) in [5, 5.41) is 11.9. The van der Waals surface area contributed by atoms with Crippen LogP contribution in [0.1, 0.15) is 36.6 Å². The number of rotatable bonds is 8. The van der Waals surface area contributed by atoms with Crippen molar-refractivity contribution in [3.05, 3.63) is 93.2 Å². The molecule has 192 valence electrons. The molecule has 9 heteroatoms. The normalized spacial score (nSPS) is 16.9. The Hall–Kier alpha value is -3.55. The highest BCUT2D eigenvalue weighted by Crippen LogP contribution is 2.44. The Morgan fingerprint density at radius 3 is 2.59 bits per heavy atom. The van der Waals surface area contributed by atoms with E-state index < -0.39 is 23.5 Å². The molecule has 1 aromatic heterocycles. The van der Waals surface area contributed by atoms with E-state index >= 15 is 0 Å². The third kappa shape index (κ3) is 5.58. The first-order chi connectivity index (χ1) is 17.7. The van der Waals surface area contributed by atoms with Crippen molar-refractivity contribution in [1.29, 1.82) is 0 Å². The van der Waals surface area contributed by atoms with Crippen molar-refractivity contribution in [1.82, 2.24) is 9.88 Å². The summed E-state index contributed by atoms with van der Waals surface area (Å²) in [6.45, 7) is 4.67. The summed E-state index contributed by atoms with van der Waals surface area (Å²) in [5.41, 5.74) is 1.33. The first-order valence-electron chi connectivity index (χ1n) is 11.6. The van der Waals surface area contributed by atoms with Crippen LogP contribution in [0.3, 0.4) is 0 Å². The number of benzene rings is 2. The molecule has 1 aliphatic rings. The van der Waals surface area contributed by atoms with Gasteiger partial charge in [0.25, 0.3) is 11.7 Å². The minimum Gasteiger partial charge on any atom is -0.507 e. The largest absolute Gasteiger partial charge is 0.507 e. The van der Waals surface area contributed by atoms with Crippen LogP contribution in [-0.4, -0.2) is 40.4 Å². The molecule has 2 aromatic carbocycles. The van der Waals surface area contributed by atoms with Crippen LogP contribution in [0, 0.1) is 5.92 Å². The van der Waals surface area contributed by atoms with Gasteiger partial charge in [-0.25, -0.2) is 0 Å². The number of aliphatic hydroxyl groups excluding tert-OH is 1. The fourth-order valence-electron chi connectivity index (χ4n) is 4.20. The van der Waals surface area contributed by atoms with E-state index in [1.165, 1.54) is 24.1 Å². The lowest BCUT2D eigenvalue weighted by Gasteiger charge is -2.26. The van der Waals surface area contributed by atoms with E-state index in [4.69, 9.17) is 32.7 Å². The average Bonchev–Trinajstić information content (AvgIpc) is 3.12. The lowest BCUT2D eigenvalue weighted by atomic mass is 9.94. The van der Waals surface area contributed by atoms with Gasteiger partial charge in [-0.15, -0.1) is 0 Å². The highest BCUT2D eigenvalue weighted by Gasteiger charge is 2.46. The predicted molar refractivity (Wildman–Crippen MR) is 142 cm³/mol. The van der Waals surface area contributed by atoms with Gasteiger partial charge < -0.3 is 19.5 Å². The smallest absolute Gasteiger partial charge is 0.295 e. The number of hydrogen-bond donors (Lipinski definition) is 1. The number of nitrogens with zero attached hydrogens (tertiary/aromatic N) is 2. The quantitative estimate of drug-likeness (QED) is 0.212. The van der Waals surface area contributed by atoms with Crippen LogP contribution in [0.4, 0.5) is 0 Å². The SMILES string of the molecule is COc1c(Cl)cc(Cl)cc1/C(O)=C1\C(=O)C(=O)N(Cc2cccnc2)C1c1cccc(OCC(C)C)c1. The van der Waals surface area contributed by atoms with Gasteiger partial charge in [-0.3, -0.25) is 14.6 Å². The van der Waals surface area contributed by atoms with Gasteiger partial charge in [0.2, 0.25) is 0 Å². The monoisotopic (exact) mass is 540 g/mol. The molecule has 4 rings (SSSR count). The van der Waals surface area contributed by atoms with Crippen molar-refractivity contribution >= 4 is 40.7 Å². The lowest BCUT2D eigenvalue weighted by molar-refractivity contribution is -0.140. The Kier molecular flexibility index (Phi) is 8.05. The zero-order chi connectivity index (χ0) is 26.7. The molecule has 0 spiro atoms. The Labute approximate surface area is 225 Å². The van der Waals surface area contributed by atoms with Crippen molar-refractivity contribution in [3.8, 4) is 11.5 Å². The van der Waals surface area contributed by atoms with Gasteiger partial charge >= 0.3 is 0 Å². The molecular weight excluding hydrogens is 515 g/mol. The van der Waals surface area contributed by atoms with Crippen LogP contribution in [0.2, 0.25) is 10.0 Å². The summed E-state index contributed by atoms with van der Waals surface area (Å²) < 4.78 is 11.3. The number of ketones is 1. The highest BCUT2D eigenvalue weighted by molar-refractivity contribution is 6.46. The maximum Gasteiger partial charge on any atom is 0.295 e. The van der Waals surface area contributed by atoms with Crippen LogP contribution < -0.4 is 9.47 Å². The van der Waals surface area contributed by atoms with Gasteiger partial charge in [0.05, 0.1) is 35.9 Å². The van der Waals surface area contributed by atoms with E-state index in [9.17, 15) is 14.7 Å². The first-order valence-corrected chi connectivity index (χ1v) is 12.4. The van der Waals surface area contributed by atoms with E-state index in [2.05, 4.69) is 4.98 Å². The van der Waals surface area contributed by atoms with E-state index in [0.717, 1.165) is 5.56 Å². The van der Waals surface area contributed by atoms with Crippen molar-refractivity contribution in [2.24, 2.45) is 5.92 Å². The van der Waals surface area contributed by atoms with Crippen molar-refractivity contribution in [3.63, 3.8) is 0 Å². The van der Waals surface area contributed by atoms with E-state index in [1.807, 2.05) is 19.9 Å². The molecule has 0 aliphatic carbocycles. The topological polar surface area (TPSA) is 89.0 Å². The van der Waals surface area contributed by atoms with E-state index in [-0.39, 0.29) is 33.5 Å². The number of carbonyl (C=O) groups is 2. The second kappa shape index (κ2) is 11.2. The Morgan fingerprint density at radius 2 is 1.92 bits per heavy atom. The van der Waals surface area contributed by atoms with Crippen LogP contribution in [-0.2, 0) is 16.1 Å². The van der Waals surface area contributed by atoms with E-state index in [0.29, 0.717) is 23.8 Å². The maximum atomic E-state index is 13.4. The number of methoxy groups -OCH3 is 1. The highest BCUT2D eigenvalue weighted by atomic mass is 35.5. The molecule has 1 amide bonds. The van der Waals surface area contributed by atoms with Crippen LogP contribution in [0.5, 0.6) is 11.5 Å². The molecule has 2 heterocycles. The zero-order valence-electron chi connectivity index (χ0n) is 20.6. The Morgan fingerprint density at radius 1 is 1.14 bits per heavy atom. The third-order valence-corrected chi connectivity index (χ3v) is 6.34. The Bertz CT molecular complexity index is 1360. The minimum absolute atomic E-state index is 0.102. The van der Waals surface area contributed by atoms with Crippen molar-refractivity contribution in [2.45, 2.75) is 26.4 Å². The summed E-state index contributed by atoms with van der Waals surface area (Å²) in [6, 6.07) is 12.7.